The van der Waals surface area contributed by atoms with Gasteiger partial charge in [-0.05, 0) is 74.9 Å². The van der Waals surface area contributed by atoms with Crippen LogP contribution in [-0.4, -0.2) is 50.0 Å². The number of amides is 2. The van der Waals surface area contributed by atoms with E-state index in [1.165, 1.54) is 10.6 Å². The molecule has 1 aliphatic carbocycles. The molecule has 7 nitrogen and oxygen atoms in total. The lowest BCUT2D eigenvalue weighted by Crippen LogP contribution is -2.49. The van der Waals surface area contributed by atoms with Gasteiger partial charge in [-0.1, -0.05) is 48.7 Å². The van der Waals surface area contributed by atoms with Crippen LogP contribution in [0.5, 0.6) is 0 Å². The van der Waals surface area contributed by atoms with Gasteiger partial charge in [0, 0.05) is 30.6 Å². The van der Waals surface area contributed by atoms with E-state index in [9.17, 15) is 18.0 Å². The first kappa shape index (κ1) is 29.0. The minimum absolute atomic E-state index is 0.0996. The van der Waals surface area contributed by atoms with Crippen LogP contribution in [0.1, 0.15) is 62.1 Å². The van der Waals surface area contributed by atoms with Crippen molar-refractivity contribution in [2.24, 2.45) is 0 Å². The fourth-order valence-electron chi connectivity index (χ4n) is 4.67. The summed E-state index contributed by atoms with van der Waals surface area (Å²) in [5.41, 5.74) is 3.41. The molecule has 37 heavy (non-hydrogen) atoms. The summed E-state index contributed by atoms with van der Waals surface area (Å²) in [6.07, 6.45) is 5.69. The predicted octanol–water partition coefficient (Wildman–Crippen LogP) is 4.98. The molecule has 3 rings (SSSR count). The number of benzene rings is 2. The maximum absolute atomic E-state index is 13.4. The van der Waals surface area contributed by atoms with Crippen LogP contribution in [0.2, 0.25) is 5.02 Å². The third kappa shape index (κ3) is 7.95. The summed E-state index contributed by atoms with van der Waals surface area (Å²) in [5, 5.41) is 3.62. The van der Waals surface area contributed by atoms with Gasteiger partial charge < -0.3 is 10.2 Å². The highest BCUT2D eigenvalue weighted by atomic mass is 35.5. The third-order valence-electron chi connectivity index (χ3n) is 7.10. The summed E-state index contributed by atoms with van der Waals surface area (Å²) in [7, 11) is -3.54. The molecule has 0 aliphatic heterocycles. The van der Waals surface area contributed by atoms with Crippen molar-refractivity contribution in [3.8, 4) is 0 Å². The van der Waals surface area contributed by atoms with Crippen molar-refractivity contribution in [2.45, 2.75) is 77.9 Å². The van der Waals surface area contributed by atoms with Gasteiger partial charge in [-0.2, -0.15) is 0 Å². The number of nitrogens with one attached hydrogen (secondary N) is 1. The van der Waals surface area contributed by atoms with Gasteiger partial charge in [0.15, 0.2) is 0 Å². The Kier molecular flexibility index (Phi) is 10.0. The highest BCUT2D eigenvalue weighted by molar-refractivity contribution is 7.92. The van der Waals surface area contributed by atoms with Gasteiger partial charge in [-0.25, -0.2) is 8.42 Å². The Labute approximate surface area is 226 Å². The van der Waals surface area contributed by atoms with Crippen LogP contribution in [0.3, 0.4) is 0 Å². The van der Waals surface area contributed by atoms with Gasteiger partial charge in [-0.15, -0.1) is 0 Å². The van der Waals surface area contributed by atoms with Gasteiger partial charge in [-0.3, -0.25) is 13.9 Å². The first-order valence-electron chi connectivity index (χ1n) is 12.9. The molecule has 0 radical (unpaired) electrons. The van der Waals surface area contributed by atoms with E-state index < -0.39 is 16.1 Å². The van der Waals surface area contributed by atoms with Crippen molar-refractivity contribution in [3.05, 3.63) is 64.2 Å². The normalized spacial score (nSPS) is 14.8. The molecule has 1 saturated carbocycles. The highest BCUT2D eigenvalue weighted by Crippen LogP contribution is 2.24. The maximum atomic E-state index is 13.4. The Hall–Kier alpha value is -2.58. The zero-order chi connectivity index (χ0) is 27.2. The summed E-state index contributed by atoms with van der Waals surface area (Å²) in [4.78, 5) is 28.0. The number of nitrogens with zero attached hydrogens (tertiary/aromatic N) is 2. The summed E-state index contributed by atoms with van der Waals surface area (Å²) in [6, 6.07) is 12.3. The number of anilines is 1. The van der Waals surface area contributed by atoms with Gasteiger partial charge in [0.2, 0.25) is 21.8 Å². The first-order valence-corrected chi connectivity index (χ1v) is 15.1. The molecule has 0 heterocycles. The molecule has 0 saturated heterocycles. The molecular formula is C28H38ClN3O4S. The second kappa shape index (κ2) is 12.8. The molecule has 1 N–H and O–H groups in total. The van der Waals surface area contributed by atoms with Gasteiger partial charge >= 0.3 is 0 Å². The number of hydrogen-bond acceptors (Lipinski definition) is 4. The van der Waals surface area contributed by atoms with Crippen LogP contribution in [0, 0.1) is 13.8 Å². The van der Waals surface area contributed by atoms with E-state index in [1.807, 2.05) is 44.2 Å². The Morgan fingerprint density at radius 1 is 1.08 bits per heavy atom. The Bertz CT molecular complexity index is 1210. The van der Waals surface area contributed by atoms with Crippen molar-refractivity contribution in [2.75, 3.05) is 17.1 Å². The van der Waals surface area contributed by atoms with E-state index in [2.05, 4.69) is 5.32 Å². The molecule has 0 spiro atoms. The van der Waals surface area contributed by atoms with Crippen LogP contribution in [-0.2, 0) is 26.2 Å². The third-order valence-corrected chi connectivity index (χ3v) is 8.66. The van der Waals surface area contributed by atoms with Crippen molar-refractivity contribution >= 4 is 39.1 Å². The second-order valence-electron chi connectivity index (χ2n) is 9.99. The molecular weight excluding hydrogens is 510 g/mol. The van der Waals surface area contributed by atoms with Gasteiger partial charge in [0.1, 0.15) is 6.04 Å². The quantitative estimate of drug-likeness (QED) is 0.430. The molecule has 2 aromatic rings. The fourth-order valence-corrected chi connectivity index (χ4v) is 5.82. The Morgan fingerprint density at radius 2 is 1.76 bits per heavy atom. The maximum Gasteiger partial charge on any atom is 0.242 e. The molecule has 1 aliphatic rings. The average Bonchev–Trinajstić information content (AvgIpc) is 3.35. The minimum Gasteiger partial charge on any atom is -0.352 e. The van der Waals surface area contributed by atoms with Crippen molar-refractivity contribution in [1.29, 1.82) is 0 Å². The zero-order valence-corrected chi connectivity index (χ0v) is 23.7. The number of carbonyl (C=O) groups excluding carboxylic acids is 2. The number of sulfonamides is 1. The minimum atomic E-state index is -3.54. The van der Waals surface area contributed by atoms with Gasteiger partial charge in [0.25, 0.3) is 0 Å². The smallest absolute Gasteiger partial charge is 0.242 e. The molecule has 1 fully saturated rings. The summed E-state index contributed by atoms with van der Waals surface area (Å²) in [5.74, 6) is -0.400. The largest absolute Gasteiger partial charge is 0.352 e. The number of carbonyl (C=O) groups is 2. The molecule has 9 heteroatoms. The van der Waals surface area contributed by atoms with E-state index in [0.717, 1.165) is 42.4 Å². The number of rotatable bonds is 11. The highest BCUT2D eigenvalue weighted by Gasteiger charge is 2.29. The van der Waals surface area contributed by atoms with Crippen LogP contribution in [0.4, 0.5) is 5.69 Å². The Morgan fingerprint density at radius 3 is 2.38 bits per heavy atom. The van der Waals surface area contributed by atoms with E-state index >= 15 is 0 Å². The molecule has 202 valence electrons. The summed E-state index contributed by atoms with van der Waals surface area (Å²) < 4.78 is 26.4. The topological polar surface area (TPSA) is 86.8 Å². The van der Waals surface area contributed by atoms with Crippen LogP contribution < -0.4 is 9.62 Å². The average molecular weight is 548 g/mol. The van der Waals surface area contributed by atoms with Crippen molar-refractivity contribution in [3.63, 3.8) is 0 Å². The van der Waals surface area contributed by atoms with E-state index in [4.69, 9.17) is 11.6 Å². The van der Waals surface area contributed by atoms with Gasteiger partial charge in [0.05, 0.1) is 11.9 Å². The lowest BCUT2D eigenvalue weighted by atomic mass is 10.1. The van der Waals surface area contributed by atoms with E-state index in [1.54, 1.807) is 24.0 Å². The van der Waals surface area contributed by atoms with E-state index in [0.29, 0.717) is 17.1 Å². The first-order chi connectivity index (χ1) is 17.5. The van der Waals surface area contributed by atoms with Crippen LogP contribution in [0.25, 0.3) is 0 Å². The summed E-state index contributed by atoms with van der Waals surface area (Å²) in [6.45, 7) is 6.00. The SMILES string of the molecule is Cc1ccc(N(CCCC(=O)N(Cc2ccccc2Cl)[C@H](C)C(=O)NC2CCCC2)S(C)(=O)=O)cc1C. The number of halogens is 1. The molecule has 1 atom stereocenters. The monoisotopic (exact) mass is 547 g/mol. The number of hydrogen-bond donors (Lipinski definition) is 1. The lowest BCUT2D eigenvalue weighted by molar-refractivity contribution is -0.140. The van der Waals surface area contributed by atoms with Crippen molar-refractivity contribution < 1.29 is 18.0 Å². The zero-order valence-electron chi connectivity index (χ0n) is 22.2. The predicted molar refractivity (Wildman–Crippen MR) is 149 cm³/mol. The fraction of sp³-hybridized carbons (Fsp3) is 0.500. The molecule has 0 bridgehead atoms. The van der Waals surface area contributed by atoms with E-state index in [-0.39, 0.29) is 37.4 Å². The van der Waals surface area contributed by atoms with Crippen molar-refractivity contribution in [1.82, 2.24) is 10.2 Å². The lowest BCUT2D eigenvalue weighted by Gasteiger charge is -2.30. The summed E-state index contributed by atoms with van der Waals surface area (Å²) >= 11 is 6.37. The molecule has 2 aromatic carbocycles. The molecule has 2 amide bonds. The van der Waals surface area contributed by atoms with Crippen LogP contribution in [0.15, 0.2) is 42.5 Å². The standard InChI is InChI=1S/C28H38ClN3O4S/c1-20-15-16-25(18-21(20)2)32(37(4,35)36)17-9-14-27(33)31(19-23-10-5-8-13-26(23)29)22(3)28(34)30-24-11-6-7-12-24/h5,8,10,13,15-16,18,22,24H,6-7,9,11-12,14,17,19H2,1-4H3,(H,30,34)/t22-/m1/s1. The Balaban J connectivity index is 1.73. The van der Waals surface area contributed by atoms with Crippen LogP contribution >= 0.6 is 11.6 Å². The molecule has 0 aromatic heterocycles. The molecule has 0 unspecified atom stereocenters. The number of aryl methyl sites for hydroxylation is 2. The second-order valence-corrected chi connectivity index (χ2v) is 12.3.